The number of hydrogen-bond acceptors (Lipinski definition) is 6. The Morgan fingerprint density at radius 1 is 0.841 bits per heavy atom. The molecule has 0 bridgehead atoms. The normalized spacial score (nSPS) is 13.2. The van der Waals surface area contributed by atoms with Crippen LogP contribution in [-0.4, -0.2) is 37.5 Å². The van der Waals surface area contributed by atoms with Gasteiger partial charge in [0.2, 0.25) is 0 Å². The molecule has 1 aliphatic heterocycles. The number of carbonyl (C=O) groups excluding carboxylic acids is 4. The molecule has 0 saturated carbocycles. The smallest absolute Gasteiger partial charge is 0.343 e. The molecule has 1 heterocycles. The van der Waals surface area contributed by atoms with Crippen LogP contribution in [0.5, 0.6) is 11.5 Å². The summed E-state index contributed by atoms with van der Waals surface area (Å²) in [6.07, 6.45) is 1.42. The van der Waals surface area contributed by atoms with Crippen LogP contribution in [0.2, 0.25) is 0 Å². The third kappa shape index (κ3) is 6.35. The van der Waals surface area contributed by atoms with Gasteiger partial charge in [-0.2, -0.15) is 0 Å². The number of benzene rings is 4. The summed E-state index contributed by atoms with van der Waals surface area (Å²) in [5.74, 6) is -1.22. The number of methoxy groups -OCH3 is 1. The van der Waals surface area contributed by atoms with Crippen molar-refractivity contribution in [1.82, 2.24) is 0 Å². The van der Waals surface area contributed by atoms with Gasteiger partial charge in [0, 0.05) is 5.69 Å². The zero-order chi connectivity index (χ0) is 31.4. The minimum Gasteiger partial charge on any atom is -0.493 e. The molecule has 1 fully saturated rings. The van der Waals surface area contributed by atoms with Gasteiger partial charge in [-0.25, -0.2) is 14.6 Å². The van der Waals surface area contributed by atoms with Crippen molar-refractivity contribution in [3.8, 4) is 11.5 Å². The summed E-state index contributed by atoms with van der Waals surface area (Å²) in [5.41, 5.74) is 3.64. The van der Waals surface area contributed by atoms with E-state index < -0.39 is 17.8 Å². The van der Waals surface area contributed by atoms with Crippen molar-refractivity contribution in [3.63, 3.8) is 0 Å². The lowest BCUT2D eigenvalue weighted by atomic mass is 10.0. The van der Waals surface area contributed by atoms with Crippen molar-refractivity contribution in [2.45, 2.75) is 13.8 Å². The molecule has 4 aromatic carbocycles. The average molecular weight is 702 g/mol. The van der Waals surface area contributed by atoms with Crippen molar-refractivity contribution in [2.24, 2.45) is 0 Å². The van der Waals surface area contributed by atoms with Crippen LogP contribution in [0, 0.1) is 17.4 Å². The fourth-order valence-electron chi connectivity index (χ4n) is 4.75. The van der Waals surface area contributed by atoms with Crippen LogP contribution in [0.4, 0.5) is 21.9 Å². The van der Waals surface area contributed by atoms with E-state index in [-0.39, 0.29) is 18.1 Å². The van der Waals surface area contributed by atoms with Gasteiger partial charge in [0.1, 0.15) is 5.57 Å². The lowest BCUT2D eigenvalue weighted by Gasteiger charge is -2.34. The van der Waals surface area contributed by atoms with E-state index >= 15 is 0 Å². The average Bonchev–Trinajstić information content (AvgIpc) is 3.01. The highest BCUT2D eigenvalue weighted by molar-refractivity contribution is 14.1. The van der Waals surface area contributed by atoms with Crippen LogP contribution in [0.3, 0.4) is 0 Å². The summed E-state index contributed by atoms with van der Waals surface area (Å²) in [5, 5.41) is 2.85. The number of carbonyl (C=O) groups is 4. The van der Waals surface area contributed by atoms with Crippen molar-refractivity contribution in [2.75, 3.05) is 28.8 Å². The third-order valence-electron chi connectivity index (χ3n) is 6.84. The molecule has 1 aliphatic rings. The number of urea groups is 1. The van der Waals surface area contributed by atoms with Crippen molar-refractivity contribution in [3.05, 3.63) is 117 Å². The Labute approximate surface area is 268 Å². The molecule has 4 aromatic rings. The molecule has 9 nitrogen and oxygen atoms in total. The molecule has 0 aromatic heterocycles. The standard InChI is InChI=1S/C34H28IN3O6/c1-21-14-15-28(22(2)16-21)36-30(39)20-44-31-27(35)18-23(19-29(31)43-3)17-26-32(40)37(24-10-6-4-7-11-24)34(42)38(33(26)41)25-12-8-5-9-13-25/h4-19H,20H2,1-3H3,(H,36,39). The summed E-state index contributed by atoms with van der Waals surface area (Å²) in [6, 6.07) is 25.1. The predicted molar refractivity (Wildman–Crippen MR) is 177 cm³/mol. The number of nitrogens with one attached hydrogen (secondary N) is 1. The molecular formula is C34H28IN3O6. The maximum atomic E-state index is 13.7. The largest absolute Gasteiger partial charge is 0.493 e. The minimum atomic E-state index is -0.774. The molecule has 44 heavy (non-hydrogen) atoms. The second kappa shape index (κ2) is 13.1. The molecule has 0 atom stereocenters. The predicted octanol–water partition coefficient (Wildman–Crippen LogP) is 6.52. The monoisotopic (exact) mass is 701 g/mol. The number of amides is 5. The van der Waals surface area contributed by atoms with Gasteiger partial charge in [0.05, 0.1) is 22.1 Å². The van der Waals surface area contributed by atoms with Crippen LogP contribution in [0.15, 0.2) is 96.6 Å². The first-order valence-corrected chi connectivity index (χ1v) is 14.7. The first-order chi connectivity index (χ1) is 21.2. The van der Waals surface area contributed by atoms with Gasteiger partial charge in [0.15, 0.2) is 18.1 Å². The van der Waals surface area contributed by atoms with Crippen molar-refractivity contribution >= 4 is 69.5 Å². The fourth-order valence-corrected chi connectivity index (χ4v) is 5.53. The van der Waals surface area contributed by atoms with E-state index in [2.05, 4.69) is 5.32 Å². The van der Waals surface area contributed by atoms with Crippen LogP contribution >= 0.6 is 22.6 Å². The van der Waals surface area contributed by atoms with Gasteiger partial charge in [-0.1, -0.05) is 54.1 Å². The summed E-state index contributed by atoms with van der Waals surface area (Å²) in [6.45, 7) is 3.63. The lowest BCUT2D eigenvalue weighted by molar-refractivity contribution is -0.121. The van der Waals surface area contributed by atoms with Crippen molar-refractivity contribution < 1.29 is 28.7 Å². The molecule has 1 saturated heterocycles. The highest BCUT2D eigenvalue weighted by atomic mass is 127. The first-order valence-electron chi connectivity index (χ1n) is 13.6. The number of rotatable bonds is 8. The van der Waals surface area contributed by atoms with E-state index in [4.69, 9.17) is 9.47 Å². The Morgan fingerprint density at radius 3 is 1.98 bits per heavy atom. The van der Waals surface area contributed by atoms with E-state index in [1.54, 1.807) is 72.8 Å². The van der Waals surface area contributed by atoms with E-state index in [1.165, 1.54) is 13.2 Å². The quantitative estimate of drug-likeness (QED) is 0.128. The molecule has 1 N–H and O–H groups in total. The van der Waals surface area contributed by atoms with Gasteiger partial charge >= 0.3 is 6.03 Å². The van der Waals surface area contributed by atoms with E-state index in [9.17, 15) is 19.2 Å². The number of barbiturate groups is 1. The van der Waals surface area contributed by atoms with Crippen LogP contribution < -0.4 is 24.6 Å². The lowest BCUT2D eigenvalue weighted by Crippen LogP contribution is -2.57. The van der Waals surface area contributed by atoms with Gasteiger partial charge in [0.25, 0.3) is 17.7 Å². The maximum Gasteiger partial charge on any atom is 0.343 e. The molecule has 0 aliphatic carbocycles. The molecule has 0 spiro atoms. The van der Waals surface area contributed by atoms with Crippen LogP contribution in [-0.2, 0) is 14.4 Å². The Bertz CT molecular complexity index is 1730. The number of aryl methyl sites for hydroxylation is 2. The number of hydrogen-bond donors (Lipinski definition) is 1. The summed E-state index contributed by atoms with van der Waals surface area (Å²) < 4.78 is 12.0. The molecule has 222 valence electrons. The SMILES string of the molecule is COc1cc(C=C2C(=O)N(c3ccccc3)C(=O)N(c3ccccc3)C2=O)cc(I)c1OCC(=O)Nc1ccc(C)cc1C. The zero-order valence-electron chi connectivity index (χ0n) is 24.2. The van der Waals surface area contributed by atoms with Gasteiger partial charge in [-0.05, 0) is 96.1 Å². The molecule has 0 radical (unpaired) electrons. The van der Waals surface area contributed by atoms with E-state index in [0.717, 1.165) is 20.9 Å². The molecular weight excluding hydrogens is 673 g/mol. The summed E-state index contributed by atoms with van der Waals surface area (Å²) >= 11 is 2.04. The minimum absolute atomic E-state index is 0.211. The Hall–Kier alpha value is -4.97. The molecule has 5 amide bonds. The molecule has 5 rings (SSSR count). The van der Waals surface area contributed by atoms with E-state index in [1.807, 2.05) is 54.6 Å². The van der Waals surface area contributed by atoms with Gasteiger partial charge in [-0.3, -0.25) is 14.4 Å². The van der Waals surface area contributed by atoms with Crippen molar-refractivity contribution in [1.29, 1.82) is 0 Å². The summed E-state index contributed by atoms with van der Waals surface area (Å²) in [7, 11) is 1.45. The van der Waals surface area contributed by atoms with E-state index in [0.29, 0.717) is 37.7 Å². The van der Waals surface area contributed by atoms with Gasteiger partial charge in [-0.15, -0.1) is 0 Å². The van der Waals surface area contributed by atoms with Gasteiger partial charge < -0.3 is 14.8 Å². The zero-order valence-corrected chi connectivity index (χ0v) is 26.3. The second-order valence-corrected chi connectivity index (χ2v) is 11.1. The van der Waals surface area contributed by atoms with Crippen LogP contribution in [0.1, 0.15) is 16.7 Å². The summed E-state index contributed by atoms with van der Waals surface area (Å²) in [4.78, 5) is 55.5. The highest BCUT2D eigenvalue weighted by Crippen LogP contribution is 2.36. The van der Waals surface area contributed by atoms with Crippen LogP contribution in [0.25, 0.3) is 6.08 Å². The number of anilines is 3. The number of halogens is 1. The number of imide groups is 2. The Kier molecular flexibility index (Phi) is 9.09. The Morgan fingerprint density at radius 2 is 1.43 bits per heavy atom. The fraction of sp³-hybridized carbons (Fsp3) is 0.118. The first kappa shape index (κ1) is 30.5. The maximum absolute atomic E-state index is 13.7. The topological polar surface area (TPSA) is 105 Å². The second-order valence-electron chi connectivity index (χ2n) is 9.98. The molecule has 0 unspecified atom stereocenters. The number of nitrogens with zero attached hydrogens (tertiary/aromatic N) is 2. The number of ether oxygens (including phenoxy) is 2. The highest BCUT2D eigenvalue weighted by Gasteiger charge is 2.43. The third-order valence-corrected chi connectivity index (χ3v) is 7.65. The number of para-hydroxylation sites is 2. The molecule has 10 heteroatoms. The Balaban J connectivity index is 1.45.